The maximum atomic E-state index is 12.9. The normalized spacial score (nSPS) is 17.2. The van der Waals surface area contributed by atoms with Crippen molar-refractivity contribution in [3.8, 4) is 11.3 Å². The summed E-state index contributed by atoms with van der Waals surface area (Å²) in [4.78, 5) is 18.8. The molecule has 7 nitrogen and oxygen atoms in total. The van der Waals surface area contributed by atoms with Crippen molar-refractivity contribution in [2.45, 2.75) is 32.4 Å². The monoisotopic (exact) mass is 337 g/mol. The Morgan fingerprint density at radius 3 is 3.08 bits per heavy atom. The second-order valence-electron chi connectivity index (χ2n) is 6.35. The van der Waals surface area contributed by atoms with Crippen LogP contribution in [0.4, 0.5) is 0 Å². The summed E-state index contributed by atoms with van der Waals surface area (Å²) in [6, 6.07) is 5.51. The van der Waals surface area contributed by atoms with Gasteiger partial charge in [-0.3, -0.25) is 14.5 Å². The minimum absolute atomic E-state index is 0.0923. The standard InChI is InChI=1S/C18H19N5O2/c1-13-9-20-22(11-13)12-15-5-3-7-23(15)18(24)16-8-17(25-21-16)14-4-2-6-19-10-14/h2,4,6,8-11,15H,3,5,7,12H2,1H3. The molecule has 1 saturated heterocycles. The third-order valence-electron chi connectivity index (χ3n) is 4.47. The van der Waals surface area contributed by atoms with E-state index < -0.39 is 0 Å². The largest absolute Gasteiger partial charge is 0.355 e. The molecule has 1 fully saturated rings. The summed E-state index contributed by atoms with van der Waals surface area (Å²) in [6.45, 7) is 3.45. The van der Waals surface area contributed by atoms with Gasteiger partial charge in [0.25, 0.3) is 5.91 Å². The number of rotatable bonds is 4. The van der Waals surface area contributed by atoms with Crippen LogP contribution in [0, 0.1) is 6.92 Å². The van der Waals surface area contributed by atoms with Gasteiger partial charge in [0.05, 0.1) is 18.8 Å². The fraction of sp³-hybridized carbons (Fsp3) is 0.333. The van der Waals surface area contributed by atoms with E-state index in [0.29, 0.717) is 18.0 Å². The maximum Gasteiger partial charge on any atom is 0.276 e. The van der Waals surface area contributed by atoms with Crippen molar-refractivity contribution in [3.63, 3.8) is 0 Å². The number of likely N-dealkylation sites (tertiary alicyclic amines) is 1. The van der Waals surface area contributed by atoms with Crippen LogP contribution in [0.3, 0.4) is 0 Å². The van der Waals surface area contributed by atoms with Gasteiger partial charge in [0, 0.05) is 36.8 Å². The lowest BCUT2D eigenvalue weighted by molar-refractivity contribution is 0.0711. The Morgan fingerprint density at radius 1 is 1.40 bits per heavy atom. The molecule has 0 bridgehead atoms. The lowest BCUT2D eigenvalue weighted by Crippen LogP contribution is -2.38. The molecule has 0 spiro atoms. The number of amides is 1. The van der Waals surface area contributed by atoms with Crippen molar-refractivity contribution in [2.75, 3.05) is 6.54 Å². The third-order valence-corrected chi connectivity index (χ3v) is 4.47. The van der Waals surface area contributed by atoms with Gasteiger partial charge >= 0.3 is 0 Å². The predicted molar refractivity (Wildman–Crippen MR) is 90.8 cm³/mol. The van der Waals surface area contributed by atoms with Gasteiger partial charge < -0.3 is 9.42 Å². The Morgan fingerprint density at radius 2 is 2.32 bits per heavy atom. The van der Waals surface area contributed by atoms with Crippen molar-refractivity contribution in [1.29, 1.82) is 0 Å². The van der Waals surface area contributed by atoms with Crippen LogP contribution in [-0.2, 0) is 6.54 Å². The van der Waals surface area contributed by atoms with E-state index in [1.807, 2.05) is 41.0 Å². The van der Waals surface area contributed by atoms with E-state index in [1.165, 1.54) is 0 Å². The van der Waals surface area contributed by atoms with Gasteiger partial charge in [-0.2, -0.15) is 5.10 Å². The number of aryl methyl sites for hydroxylation is 1. The van der Waals surface area contributed by atoms with Crippen LogP contribution in [0.1, 0.15) is 28.9 Å². The fourth-order valence-electron chi connectivity index (χ4n) is 3.24. The van der Waals surface area contributed by atoms with E-state index in [1.54, 1.807) is 18.5 Å². The molecule has 4 heterocycles. The van der Waals surface area contributed by atoms with Gasteiger partial charge in [-0.25, -0.2) is 0 Å². The Balaban J connectivity index is 1.51. The highest BCUT2D eigenvalue weighted by Gasteiger charge is 2.31. The lowest BCUT2D eigenvalue weighted by Gasteiger charge is -2.23. The van der Waals surface area contributed by atoms with Crippen LogP contribution < -0.4 is 0 Å². The molecule has 1 amide bonds. The molecule has 0 saturated carbocycles. The number of carbonyl (C=O) groups is 1. The smallest absolute Gasteiger partial charge is 0.276 e. The van der Waals surface area contributed by atoms with Gasteiger partial charge in [0.1, 0.15) is 0 Å². The van der Waals surface area contributed by atoms with Gasteiger partial charge in [0.2, 0.25) is 0 Å². The zero-order valence-corrected chi connectivity index (χ0v) is 14.0. The molecule has 128 valence electrons. The van der Waals surface area contributed by atoms with Crippen LogP contribution >= 0.6 is 0 Å². The van der Waals surface area contributed by atoms with Gasteiger partial charge in [-0.05, 0) is 37.5 Å². The first-order valence-electron chi connectivity index (χ1n) is 8.38. The number of hydrogen-bond donors (Lipinski definition) is 0. The van der Waals surface area contributed by atoms with Gasteiger partial charge in [-0.1, -0.05) is 5.16 Å². The zero-order chi connectivity index (χ0) is 17.2. The molecule has 0 radical (unpaired) electrons. The highest BCUT2D eigenvalue weighted by Crippen LogP contribution is 2.24. The first-order valence-corrected chi connectivity index (χ1v) is 8.38. The maximum absolute atomic E-state index is 12.9. The minimum atomic E-state index is -0.0923. The van der Waals surface area contributed by atoms with Crippen molar-refractivity contribution >= 4 is 5.91 Å². The van der Waals surface area contributed by atoms with Crippen LogP contribution in [0.2, 0.25) is 0 Å². The molecule has 4 rings (SSSR count). The highest BCUT2D eigenvalue weighted by atomic mass is 16.5. The number of carbonyl (C=O) groups excluding carboxylic acids is 1. The first kappa shape index (κ1) is 15.6. The van der Waals surface area contributed by atoms with Crippen LogP contribution in [-0.4, -0.2) is 43.3 Å². The molecule has 0 N–H and O–H groups in total. The molecule has 1 unspecified atom stereocenters. The van der Waals surface area contributed by atoms with Crippen molar-refractivity contribution in [1.82, 2.24) is 24.8 Å². The van der Waals surface area contributed by atoms with Gasteiger partial charge in [-0.15, -0.1) is 0 Å². The second-order valence-corrected chi connectivity index (χ2v) is 6.35. The minimum Gasteiger partial charge on any atom is -0.355 e. The summed E-state index contributed by atoms with van der Waals surface area (Å²) < 4.78 is 7.23. The summed E-state index contributed by atoms with van der Waals surface area (Å²) in [5, 5.41) is 8.29. The Hall–Kier alpha value is -2.96. The van der Waals surface area contributed by atoms with E-state index in [-0.39, 0.29) is 11.9 Å². The van der Waals surface area contributed by atoms with E-state index in [2.05, 4.69) is 15.2 Å². The van der Waals surface area contributed by atoms with E-state index in [0.717, 1.165) is 30.5 Å². The Kier molecular flexibility index (Phi) is 4.05. The average molecular weight is 337 g/mol. The zero-order valence-electron chi connectivity index (χ0n) is 14.0. The van der Waals surface area contributed by atoms with Crippen molar-refractivity contribution in [3.05, 3.63) is 54.2 Å². The molecule has 1 aliphatic heterocycles. The molecule has 7 heteroatoms. The summed E-state index contributed by atoms with van der Waals surface area (Å²) in [5.74, 6) is 0.458. The molecular weight excluding hydrogens is 318 g/mol. The number of pyridine rings is 1. The van der Waals surface area contributed by atoms with E-state index in [9.17, 15) is 4.79 Å². The molecule has 1 aliphatic rings. The Bertz CT molecular complexity index is 870. The molecular formula is C18H19N5O2. The van der Waals surface area contributed by atoms with E-state index >= 15 is 0 Å². The number of hydrogen-bond acceptors (Lipinski definition) is 5. The fourth-order valence-corrected chi connectivity index (χ4v) is 3.24. The predicted octanol–water partition coefficient (Wildman–Crippen LogP) is 2.55. The molecule has 0 aromatic carbocycles. The summed E-state index contributed by atoms with van der Waals surface area (Å²) in [5.41, 5.74) is 2.26. The van der Waals surface area contributed by atoms with Crippen LogP contribution in [0.15, 0.2) is 47.5 Å². The molecule has 25 heavy (non-hydrogen) atoms. The summed E-state index contributed by atoms with van der Waals surface area (Å²) in [6.07, 6.45) is 9.17. The third kappa shape index (κ3) is 3.17. The number of nitrogens with zero attached hydrogens (tertiary/aromatic N) is 5. The lowest BCUT2D eigenvalue weighted by atomic mass is 10.2. The highest BCUT2D eigenvalue weighted by molar-refractivity contribution is 5.93. The van der Waals surface area contributed by atoms with Crippen molar-refractivity contribution in [2.24, 2.45) is 0 Å². The van der Waals surface area contributed by atoms with Crippen LogP contribution in [0.25, 0.3) is 11.3 Å². The second kappa shape index (κ2) is 6.51. The molecule has 1 atom stereocenters. The summed E-state index contributed by atoms with van der Waals surface area (Å²) >= 11 is 0. The summed E-state index contributed by atoms with van der Waals surface area (Å²) in [7, 11) is 0. The average Bonchev–Trinajstić information content (AvgIpc) is 3.37. The topological polar surface area (TPSA) is 77.0 Å². The van der Waals surface area contributed by atoms with Crippen LogP contribution in [0.5, 0.6) is 0 Å². The molecule has 0 aliphatic carbocycles. The quantitative estimate of drug-likeness (QED) is 0.731. The molecule has 3 aromatic rings. The van der Waals surface area contributed by atoms with E-state index in [4.69, 9.17) is 4.52 Å². The SMILES string of the molecule is Cc1cnn(CC2CCCN2C(=O)c2cc(-c3cccnc3)on2)c1. The Labute approximate surface area is 145 Å². The van der Waals surface area contributed by atoms with Gasteiger partial charge in [0.15, 0.2) is 11.5 Å². The number of aromatic nitrogens is 4. The molecule has 3 aromatic heterocycles. The first-order chi connectivity index (χ1) is 12.2. The van der Waals surface area contributed by atoms with Crippen molar-refractivity contribution < 1.29 is 9.32 Å².